The highest BCUT2D eigenvalue weighted by molar-refractivity contribution is 6.23. The molecule has 0 fully saturated rings. The Morgan fingerprint density at radius 3 is 2.42 bits per heavy atom. The van der Waals surface area contributed by atoms with Crippen molar-refractivity contribution >= 4 is 35.0 Å². The number of amides is 1. The fourth-order valence-electron chi connectivity index (χ4n) is 2.45. The fraction of sp³-hybridized carbons (Fsp3) is 0.158. The first-order valence-electron chi connectivity index (χ1n) is 7.65. The number of anilines is 1. The summed E-state index contributed by atoms with van der Waals surface area (Å²) in [5.41, 5.74) is 2.77. The molecule has 0 saturated heterocycles. The van der Waals surface area contributed by atoms with Gasteiger partial charge in [0.15, 0.2) is 5.78 Å². The van der Waals surface area contributed by atoms with Crippen molar-refractivity contribution in [3.8, 4) is 0 Å². The van der Waals surface area contributed by atoms with E-state index in [0.29, 0.717) is 17.0 Å². The van der Waals surface area contributed by atoms with Gasteiger partial charge in [-0.3, -0.25) is 14.6 Å². The van der Waals surface area contributed by atoms with Crippen LogP contribution < -0.4 is 5.01 Å². The number of hydrogen-bond donors (Lipinski definition) is 0. The summed E-state index contributed by atoms with van der Waals surface area (Å²) in [5, 5.41) is 5.74. The Hall–Kier alpha value is -3.08. The molecule has 3 rings (SSSR count). The summed E-state index contributed by atoms with van der Waals surface area (Å²) in [4.78, 5) is 28.2. The zero-order chi connectivity index (χ0) is 17.1. The van der Waals surface area contributed by atoms with E-state index in [0.717, 1.165) is 5.69 Å². The van der Waals surface area contributed by atoms with Crippen molar-refractivity contribution in [1.82, 2.24) is 0 Å². The molecule has 0 spiro atoms. The van der Waals surface area contributed by atoms with Crippen LogP contribution in [0.2, 0.25) is 0 Å². The lowest BCUT2D eigenvalue weighted by atomic mass is 10.1. The average molecular weight is 319 g/mol. The van der Waals surface area contributed by atoms with E-state index < -0.39 is 5.92 Å². The van der Waals surface area contributed by atoms with E-state index in [1.165, 1.54) is 11.9 Å². The second kappa shape index (κ2) is 6.58. The van der Waals surface area contributed by atoms with Crippen molar-refractivity contribution < 1.29 is 9.59 Å². The van der Waals surface area contributed by atoms with E-state index in [1.54, 1.807) is 30.5 Å². The summed E-state index contributed by atoms with van der Waals surface area (Å²) in [6, 6.07) is 16.3. The number of hydrazone groups is 1. The minimum Gasteiger partial charge on any atom is -0.295 e. The molecule has 1 aliphatic rings. The van der Waals surface area contributed by atoms with E-state index in [4.69, 9.17) is 0 Å². The second-order valence-corrected chi connectivity index (χ2v) is 5.59. The van der Waals surface area contributed by atoms with Crippen LogP contribution in [0.4, 0.5) is 11.4 Å². The van der Waals surface area contributed by atoms with Gasteiger partial charge in [-0.05, 0) is 50.2 Å². The Balaban J connectivity index is 1.77. The van der Waals surface area contributed by atoms with Gasteiger partial charge in [0, 0.05) is 11.8 Å². The van der Waals surface area contributed by atoms with E-state index in [1.807, 2.05) is 37.3 Å². The van der Waals surface area contributed by atoms with Crippen molar-refractivity contribution in [2.24, 2.45) is 16.0 Å². The van der Waals surface area contributed by atoms with Crippen LogP contribution >= 0.6 is 0 Å². The summed E-state index contributed by atoms with van der Waals surface area (Å²) in [5.74, 6) is -0.585. The van der Waals surface area contributed by atoms with Gasteiger partial charge < -0.3 is 0 Å². The van der Waals surface area contributed by atoms with Crippen LogP contribution in [-0.2, 0) is 4.79 Å². The van der Waals surface area contributed by atoms with Crippen LogP contribution in [0.5, 0.6) is 0 Å². The molecule has 0 aromatic heterocycles. The molecule has 1 unspecified atom stereocenters. The predicted octanol–water partition coefficient (Wildman–Crippen LogP) is 3.63. The summed E-state index contributed by atoms with van der Waals surface area (Å²) in [7, 11) is 0. The van der Waals surface area contributed by atoms with Crippen LogP contribution in [0, 0.1) is 5.92 Å². The second-order valence-electron chi connectivity index (χ2n) is 5.59. The average Bonchev–Trinajstić information content (AvgIpc) is 2.88. The van der Waals surface area contributed by atoms with Crippen LogP contribution in [0.25, 0.3) is 0 Å². The molecule has 0 N–H and O–H groups in total. The first-order chi connectivity index (χ1) is 11.6. The number of ketones is 1. The van der Waals surface area contributed by atoms with Crippen molar-refractivity contribution in [3.05, 3.63) is 60.2 Å². The zero-order valence-electron chi connectivity index (χ0n) is 13.5. The minimum absolute atomic E-state index is 0.0120. The SMILES string of the molecule is CC(=O)c1ccc(N=CC2C(=O)N(c3ccccc3)N=C2C)cc1. The fourth-order valence-corrected chi connectivity index (χ4v) is 2.45. The molecule has 120 valence electrons. The monoisotopic (exact) mass is 319 g/mol. The Bertz CT molecular complexity index is 823. The standard InChI is InChI=1S/C19H17N3O2/c1-13-18(12-20-16-10-8-15(9-11-16)14(2)23)19(24)22(21-13)17-6-4-3-5-7-17/h3-12,18H,1-2H3. The molecule has 5 heteroatoms. The Morgan fingerprint density at radius 1 is 1.12 bits per heavy atom. The first-order valence-corrected chi connectivity index (χ1v) is 7.65. The lowest BCUT2D eigenvalue weighted by molar-refractivity contribution is -0.118. The van der Waals surface area contributed by atoms with E-state index >= 15 is 0 Å². The number of Topliss-reactive ketones (excluding diaryl/α,β-unsaturated/α-hetero) is 1. The molecule has 5 nitrogen and oxygen atoms in total. The molecule has 0 bridgehead atoms. The van der Waals surface area contributed by atoms with E-state index in [-0.39, 0.29) is 11.7 Å². The number of nitrogens with zero attached hydrogens (tertiary/aromatic N) is 3. The number of carbonyl (C=O) groups is 2. The van der Waals surface area contributed by atoms with Gasteiger partial charge in [-0.2, -0.15) is 10.1 Å². The number of para-hydroxylation sites is 1. The Labute approximate surface area is 140 Å². The van der Waals surface area contributed by atoms with Gasteiger partial charge in [0.1, 0.15) is 5.92 Å². The lowest BCUT2D eigenvalue weighted by Crippen LogP contribution is -2.27. The number of rotatable bonds is 4. The van der Waals surface area contributed by atoms with Gasteiger partial charge in [0.05, 0.1) is 17.1 Å². The smallest absolute Gasteiger partial charge is 0.261 e. The largest absolute Gasteiger partial charge is 0.295 e. The van der Waals surface area contributed by atoms with Gasteiger partial charge >= 0.3 is 0 Å². The highest BCUT2D eigenvalue weighted by Crippen LogP contribution is 2.23. The predicted molar refractivity (Wildman–Crippen MR) is 95.1 cm³/mol. The molecule has 0 radical (unpaired) electrons. The minimum atomic E-state index is -0.474. The quantitative estimate of drug-likeness (QED) is 0.638. The maximum absolute atomic E-state index is 12.6. The van der Waals surface area contributed by atoms with Gasteiger partial charge in [0.2, 0.25) is 0 Å². The maximum atomic E-state index is 12.6. The topological polar surface area (TPSA) is 62.1 Å². The third-order valence-corrected chi connectivity index (χ3v) is 3.83. The molecule has 0 saturated carbocycles. The number of aliphatic imine (C=N–C) groups is 1. The normalized spacial score (nSPS) is 17.4. The number of carbonyl (C=O) groups excluding carboxylic acids is 2. The lowest BCUT2D eigenvalue weighted by Gasteiger charge is -2.12. The van der Waals surface area contributed by atoms with E-state index in [9.17, 15) is 9.59 Å². The van der Waals surface area contributed by atoms with Gasteiger partial charge in [-0.15, -0.1) is 0 Å². The first kappa shape index (κ1) is 15.8. The third-order valence-electron chi connectivity index (χ3n) is 3.83. The molecule has 1 amide bonds. The molecule has 0 aliphatic carbocycles. The molecule has 1 aliphatic heterocycles. The summed E-state index contributed by atoms with van der Waals surface area (Å²) in [6.07, 6.45) is 1.60. The molecular formula is C19H17N3O2. The molecule has 2 aromatic carbocycles. The van der Waals surface area contributed by atoms with Gasteiger partial charge in [-0.1, -0.05) is 18.2 Å². The Kier molecular flexibility index (Phi) is 4.33. The molecule has 2 aromatic rings. The van der Waals surface area contributed by atoms with Crippen LogP contribution in [-0.4, -0.2) is 23.6 Å². The highest BCUT2D eigenvalue weighted by atomic mass is 16.2. The summed E-state index contributed by atoms with van der Waals surface area (Å²) in [6.45, 7) is 3.34. The summed E-state index contributed by atoms with van der Waals surface area (Å²) < 4.78 is 0. The maximum Gasteiger partial charge on any atom is 0.261 e. The van der Waals surface area contributed by atoms with Crippen LogP contribution in [0.15, 0.2) is 64.7 Å². The van der Waals surface area contributed by atoms with E-state index in [2.05, 4.69) is 10.1 Å². The van der Waals surface area contributed by atoms with Gasteiger partial charge in [-0.25, -0.2) is 0 Å². The summed E-state index contributed by atoms with van der Waals surface area (Å²) >= 11 is 0. The number of benzene rings is 2. The molecule has 1 heterocycles. The van der Waals surface area contributed by atoms with Crippen molar-refractivity contribution in [1.29, 1.82) is 0 Å². The number of hydrogen-bond acceptors (Lipinski definition) is 4. The third kappa shape index (κ3) is 3.15. The van der Waals surface area contributed by atoms with Crippen LogP contribution in [0.3, 0.4) is 0 Å². The van der Waals surface area contributed by atoms with Gasteiger partial charge in [0.25, 0.3) is 5.91 Å². The van der Waals surface area contributed by atoms with Crippen molar-refractivity contribution in [3.63, 3.8) is 0 Å². The van der Waals surface area contributed by atoms with Crippen LogP contribution in [0.1, 0.15) is 24.2 Å². The Morgan fingerprint density at radius 2 is 1.79 bits per heavy atom. The molecule has 1 atom stereocenters. The molecular weight excluding hydrogens is 302 g/mol. The zero-order valence-corrected chi connectivity index (χ0v) is 13.5. The van der Waals surface area contributed by atoms with Crippen molar-refractivity contribution in [2.45, 2.75) is 13.8 Å². The highest BCUT2D eigenvalue weighted by Gasteiger charge is 2.33. The van der Waals surface area contributed by atoms with Crippen molar-refractivity contribution in [2.75, 3.05) is 5.01 Å². The molecule has 24 heavy (non-hydrogen) atoms.